The lowest BCUT2D eigenvalue weighted by Gasteiger charge is -2.12. The fourth-order valence-corrected chi connectivity index (χ4v) is 2.39. The molecule has 0 spiro atoms. The first-order valence-electron chi connectivity index (χ1n) is 7.55. The number of rotatable bonds is 4. The molecule has 3 rings (SSSR count). The van der Waals surface area contributed by atoms with E-state index in [1.165, 1.54) is 0 Å². The first-order valence-corrected chi connectivity index (χ1v) is 7.55. The average Bonchev–Trinajstić information content (AvgIpc) is 2.55. The summed E-state index contributed by atoms with van der Waals surface area (Å²) in [5.41, 5.74) is 2.15. The number of hydrogen-bond acceptors (Lipinski definition) is 3. The van der Waals surface area contributed by atoms with E-state index >= 15 is 0 Å². The maximum absolute atomic E-state index is 12.5. The van der Waals surface area contributed by atoms with Crippen molar-refractivity contribution in [1.82, 2.24) is 4.98 Å². The van der Waals surface area contributed by atoms with Crippen LogP contribution in [0.4, 0.5) is 5.69 Å². The first-order chi connectivity index (χ1) is 11.1. The normalized spacial score (nSPS) is 10.7. The van der Waals surface area contributed by atoms with Crippen LogP contribution in [0.15, 0.2) is 60.8 Å². The minimum atomic E-state index is -0.171. The second-order valence-electron chi connectivity index (χ2n) is 5.52. The van der Waals surface area contributed by atoms with Crippen LogP contribution < -0.4 is 10.1 Å². The number of carbonyl (C=O) groups excluding carboxylic acids is 1. The SMILES string of the molecule is CC(C)Oc1cccc(C(=O)Nc2cccc3ncccc23)c1. The maximum Gasteiger partial charge on any atom is 0.255 e. The van der Waals surface area contributed by atoms with E-state index in [1.54, 1.807) is 18.3 Å². The predicted octanol–water partition coefficient (Wildman–Crippen LogP) is 4.27. The van der Waals surface area contributed by atoms with Crippen LogP contribution in [0.2, 0.25) is 0 Å². The third-order valence-corrected chi connectivity index (χ3v) is 3.36. The highest BCUT2D eigenvalue weighted by atomic mass is 16.5. The Bertz CT molecular complexity index is 838. The second kappa shape index (κ2) is 6.48. The predicted molar refractivity (Wildman–Crippen MR) is 91.9 cm³/mol. The Hall–Kier alpha value is -2.88. The number of anilines is 1. The van der Waals surface area contributed by atoms with Crippen LogP contribution in [0, 0.1) is 0 Å². The number of pyridine rings is 1. The van der Waals surface area contributed by atoms with Crippen molar-refractivity contribution in [2.45, 2.75) is 20.0 Å². The van der Waals surface area contributed by atoms with Gasteiger partial charge in [0.15, 0.2) is 0 Å². The van der Waals surface area contributed by atoms with Crippen LogP contribution >= 0.6 is 0 Å². The van der Waals surface area contributed by atoms with Crippen LogP contribution in [-0.4, -0.2) is 17.0 Å². The summed E-state index contributed by atoms with van der Waals surface area (Å²) in [5.74, 6) is 0.516. The zero-order chi connectivity index (χ0) is 16.2. The largest absolute Gasteiger partial charge is 0.491 e. The quantitative estimate of drug-likeness (QED) is 0.783. The summed E-state index contributed by atoms with van der Waals surface area (Å²) in [6.07, 6.45) is 1.80. The molecule has 0 fully saturated rings. The highest BCUT2D eigenvalue weighted by Crippen LogP contribution is 2.22. The Morgan fingerprint density at radius 2 is 1.91 bits per heavy atom. The van der Waals surface area contributed by atoms with E-state index in [0.717, 1.165) is 16.6 Å². The number of hydrogen-bond donors (Lipinski definition) is 1. The molecule has 0 aliphatic heterocycles. The summed E-state index contributed by atoms with van der Waals surface area (Å²) in [5, 5.41) is 3.86. The molecular weight excluding hydrogens is 288 g/mol. The van der Waals surface area contributed by atoms with Gasteiger partial charge >= 0.3 is 0 Å². The van der Waals surface area contributed by atoms with Crippen molar-refractivity contribution in [1.29, 1.82) is 0 Å². The Morgan fingerprint density at radius 3 is 2.74 bits per heavy atom. The van der Waals surface area contributed by atoms with Crippen LogP contribution in [0.1, 0.15) is 24.2 Å². The zero-order valence-corrected chi connectivity index (χ0v) is 13.1. The Morgan fingerprint density at radius 1 is 1.09 bits per heavy atom. The molecule has 1 aromatic heterocycles. The minimum absolute atomic E-state index is 0.0671. The molecule has 116 valence electrons. The van der Waals surface area contributed by atoms with Crippen molar-refractivity contribution in [3.05, 3.63) is 66.4 Å². The summed E-state index contributed by atoms with van der Waals surface area (Å²) in [6.45, 7) is 3.91. The fourth-order valence-electron chi connectivity index (χ4n) is 2.39. The fraction of sp³-hybridized carbons (Fsp3) is 0.158. The van der Waals surface area contributed by atoms with Gasteiger partial charge < -0.3 is 10.1 Å². The van der Waals surface area contributed by atoms with Gasteiger partial charge in [0.1, 0.15) is 5.75 Å². The molecule has 23 heavy (non-hydrogen) atoms. The van der Waals surface area contributed by atoms with E-state index in [9.17, 15) is 4.79 Å². The summed E-state index contributed by atoms with van der Waals surface area (Å²) in [7, 11) is 0. The van der Waals surface area contributed by atoms with Gasteiger partial charge in [0.25, 0.3) is 5.91 Å². The number of nitrogens with one attached hydrogen (secondary N) is 1. The second-order valence-corrected chi connectivity index (χ2v) is 5.52. The monoisotopic (exact) mass is 306 g/mol. The molecule has 0 saturated carbocycles. The van der Waals surface area contributed by atoms with Gasteiger partial charge in [-0.05, 0) is 56.3 Å². The van der Waals surface area contributed by atoms with Crippen LogP contribution in [0.5, 0.6) is 5.75 Å². The lowest BCUT2D eigenvalue weighted by Crippen LogP contribution is -2.13. The molecule has 0 atom stereocenters. The first kappa shape index (κ1) is 15.0. The molecule has 0 bridgehead atoms. The number of aromatic nitrogens is 1. The van der Waals surface area contributed by atoms with Crippen molar-refractivity contribution in [3.63, 3.8) is 0 Å². The van der Waals surface area contributed by atoms with Gasteiger partial charge in [-0.25, -0.2) is 0 Å². The molecule has 0 unspecified atom stereocenters. The number of amides is 1. The number of fused-ring (bicyclic) bond motifs is 1. The van der Waals surface area contributed by atoms with E-state index in [2.05, 4.69) is 10.3 Å². The smallest absolute Gasteiger partial charge is 0.255 e. The van der Waals surface area contributed by atoms with Gasteiger partial charge in [0.2, 0.25) is 0 Å². The summed E-state index contributed by atoms with van der Waals surface area (Å²) in [6, 6.07) is 16.6. The molecule has 2 aromatic carbocycles. The van der Waals surface area contributed by atoms with E-state index in [0.29, 0.717) is 11.3 Å². The summed E-state index contributed by atoms with van der Waals surface area (Å²) >= 11 is 0. The number of carbonyl (C=O) groups is 1. The molecule has 0 aliphatic rings. The van der Waals surface area contributed by atoms with Crippen LogP contribution in [0.25, 0.3) is 10.9 Å². The lowest BCUT2D eigenvalue weighted by molar-refractivity contribution is 0.102. The van der Waals surface area contributed by atoms with Crippen molar-refractivity contribution < 1.29 is 9.53 Å². The van der Waals surface area contributed by atoms with Crippen LogP contribution in [-0.2, 0) is 0 Å². The summed E-state index contributed by atoms with van der Waals surface area (Å²) in [4.78, 5) is 16.8. The average molecular weight is 306 g/mol. The molecule has 4 nitrogen and oxygen atoms in total. The third-order valence-electron chi connectivity index (χ3n) is 3.36. The standard InChI is InChI=1S/C19H18N2O2/c1-13(2)23-15-7-3-6-14(12-15)19(22)21-18-10-4-9-17-16(18)8-5-11-20-17/h3-13H,1-2H3,(H,21,22). The van der Waals surface area contributed by atoms with Gasteiger partial charge in [-0.3, -0.25) is 9.78 Å². The molecule has 0 saturated heterocycles. The van der Waals surface area contributed by atoms with Gasteiger partial charge in [-0.15, -0.1) is 0 Å². The van der Waals surface area contributed by atoms with Crippen molar-refractivity contribution in [2.75, 3.05) is 5.32 Å². The van der Waals surface area contributed by atoms with Gasteiger partial charge in [0, 0.05) is 17.1 Å². The number of benzene rings is 2. The number of ether oxygens (including phenoxy) is 1. The van der Waals surface area contributed by atoms with E-state index in [-0.39, 0.29) is 12.0 Å². The van der Waals surface area contributed by atoms with E-state index in [4.69, 9.17) is 4.74 Å². The Balaban J connectivity index is 1.86. The molecular formula is C19H18N2O2. The van der Waals surface area contributed by atoms with Crippen molar-refractivity contribution in [3.8, 4) is 5.75 Å². The van der Waals surface area contributed by atoms with Crippen molar-refractivity contribution in [2.24, 2.45) is 0 Å². The highest BCUT2D eigenvalue weighted by molar-refractivity contribution is 6.08. The molecule has 1 amide bonds. The lowest BCUT2D eigenvalue weighted by atomic mass is 10.1. The zero-order valence-electron chi connectivity index (χ0n) is 13.1. The maximum atomic E-state index is 12.5. The summed E-state index contributed by atoms with van der Waals surface area (Å²) < 4.78 is 5.64. The van der Waals surface area contributed by atoms with Crippen LogP contribution in [0.3, 0.4) is 0 Å². The van der Waals surface area contributed by atoms with Crippen molar-refractivity contribution >= 4 is 22.5 Å². The molecule has 1 heterocycles. The van der Waals surface area contributed by atoms with Gasteiger partial charge in [0.05, 0.1) is 17.3 Å². The Kier molecular flexibility index (Phi) is 4.24. The molecule has 3 aromatic rings. The molecule has 4 heteroatoms. The third kappa shape index (κ3) is 3.48. The van der Waals surface area contributed by atoms with Gasteiger partial charge in [-0.2, -0.15) is 0 Å². The minimum Gasteiger partial charge on any atom is -0.491 e. The molecule has 1 N–H and O–H groups in total. The molecule has 0 aliphatic carbocycles. The Labute approximate surface area is 135 Å². The highest BCUT2D eigenvalue weighted by Gasteiger charge is 2.10. The van der Waals surface area contributed by atoms with E-state index in [1.807, 2.05) is 56.3 Å². The van der Waals surface area contributed by atoms with E-state index < -0.39 is 0 Å². The molecule has 0 radical (unpaired) electrons. The van der Waals surface area contributed by atoms with Gasteiger partial charge in [-0.1, -0.05) is 12.1 Å². The number of nitrogens with zero attached hydrogens (tertiary/aromatic N) is 1. The topological polar surface area (TPSA) is 51.2 Å².